The van der Waals surface area contributed by atoms with E-state index < -0.39 is 10.0 Å². The van der Waals surface area contributed by atoms with Crippen LogP contribution in [0.25, 0.3) is 22.1 Å². The van der Waals surface area contributed by atoms with E-state index in [0.29, 0.717) is 17.9 Å². The monoisotopic (exact) mass is 368 g/mol. The van der Waals surface area contributed by atoms with E-state index in [-0.39, 0.29) is 4.90 Å². The molecular weight excluding hydrogens is 352 g/mol. The van der Waals surface area contributed by atoms with E-state index in [1.54, 1.807) is 12.3 Å². The average Bonchev–Trinajstić information content (AvgIpc) is 2.90. The minimum absolute atomic E-state index is 0.0113. The third-order valence-electron chi connectivity index (χ3n) is 4.21. The summed E-state index contributed by atoms with van der Waals surface area (Å²) in [6, 6.07) is 7.03. The van der Waals surface area contributed by atoms with Crippen molar-refractivity contribution in [3.8, 4) is 0 Å². The maximum Gasteiger partial charge on any atom is 0.239 e. The summed E-state index contributed by atoms with van der Waals surface area (Å²) in [6.45, 7) is 4.28. The van der Waals surface area contributed by atoms with Gasteiger partial charge in [-0.05, 0) is 38.1 Å². The number of hydrogen-bond acceptors (Lipinski definition) is 6. The molecule has 0 saturated carbocycles. The Morgan fingerprint density at radius 3 is 2.54 bits per heavy atom. The molecule has 0 bridgehead atoms. The molecular formula is C17H16N6O2S. The predicted molar refractivity (Wildman–Crippen MR) is 97.0 cm³/mol. The number of pyridine rings is 3. The van der Waals surface area contributed by atoms with Crippen molar-refractivity contribution in [2.75, 3.05) is 0 Å². The summed E-state index contributed by atoms with van der Waals surface area (Å²) in [6.07, 6.45) is 2.98. The van der Waals surface area contributed by atoms with Crippen molar-refractivity contribution in [1.29, 1.82) is 0 Å². The van der Waals surface area contributed by atoms with Gasteiger partial charge in [0.25, 0.3) is 0 Å². The number of nitrogens with two attached hydrogens (primary N) is 1. The Morgan fingerprint density at radius 2 is 1.85 bits per heavy atom. The van der Waals surface area contributed by atoms with Gasteiger partial charge in [0, 0.05) is 17.3 Å². The number of primary sulfonamides is 1. The summed E-state index contributed by atoms with van der Waals surface area (Å²) in [4.78, 5) is 17.6. The quantitative estimate of drug-likeness (QED) is 0.588. The largest absolute Gasteiger partial charge is 0.321 e. The first-order valence-corrected chi connectivity index (χ1v) is 9.44. The molecule has 0 amide bonds. The molecule has 9 heteroatoms. The molecule has 0 aromatic carbocycles. The van der Waals surface area contributed by atoms with Gasteiger partial charge in [0.2, 0.25) is 10.0 Å². The molecule has 0 radical (unpaired) electrons. The van der Waals surface area contributed by atoms with Crippen LogP contribution in [0, 0.1) is 13.8 Å². The summed E-state index contributed by atoms with van der Waals surface area (Å²) >= 11 is 0. The molecule has 132 valence electrons. The molecule has 0 aliphatic rings. The van der Waals surface area contributed by atoms with Crippen molar-refractivity contribution in [2.45, 2.75) is 25.3 Å². The zero-order chi connectivity index (χ0) is 18.5. The van der Waals surface area contributed by atoms with Crippen LogP contribution >= 0.6 is 0 Å². The molecule has 0 aliphatic carbocycles. The van der Waals surface area contributed by atoms with Crippen LogP contribution in [0.15, 0.2) is 41.6 Å². The first-order chi connectivity index (χ1) is 12.3. The number of imidazole rings is 1. The molecule has 8 nitrogen and oxygen atoms in total. The topological polar surface area (TPSA) is 117 Å². The molecule has 0 spiro atoms. The van der Waals surface area contributed by atoms with Crippen molar-refractivity contribution in [3.63, 3.8) is 0 Å². The summed E-state index contributed by atoms with van der Waals surface area (Å²) < 4.78 is 24.8. The van der Waals surface area contributed by atoms with Crippen LogP contribution in [0.5, 0.6) is 0 Å². The maximum absolute atomic E-state index is 11.4. The normalized spacial score (nSPS) is 12.1. The number of nitrogens with zero attached hydrogens (tertiary/aromatic N) is 5. The summed E-state index contributed by atoms with van der Waals surface area (Å²) in [5.41, 5.74) is 3.97. The van der Waals surface area contributed by atoms with E-state index >= 15 is 0 Å². The minimum Gasteiger partial charge on any atom is -0.321 e. The number of sulfonamides is 1. The molecule has 0 atom stereocenters. The Hall–Kier alpha value is -2.91. The zero-order valence-electron chi connectivity index (χ0n) is 14.2. The lowest BCUT2D eigenvalue weighted by atomic mass is 10.2. The summed E-state index contributed by atoms with van der Waals surface area (Å²) in [5, 5.41) is 6.03. The standard InChI is InChI=1S/C17H16N6O2S/c1-10-3-6-14-16-15(8-20-17(14)21-10)22-11(2)23(16)9-12-4-5-13(7-19-12)26(18,24)25/h3-8H,9H2,1-2H3,(H2,18,24,25). The highest BCUT2D eigenvalue weighted by Gasteiger charge is 2.14. The van der Waals surface area contributed by atoms with Crippen molar-refractivity contribution in [3.05, 3.63) is 53.9 Å². The third kappa shape index (κ3) is 2.80. The lowest BCUT2D eigenvalue weighted by Crippen LogP contribution is -2.13. The van der Waals surface area contributed by atoms with Gasteiger partial charge in [0.1, 0.15) is 16.2 Å². The molecule has 2 N–H and O–H groups in total. The lowest BCUT2D eigenvalue weighted by molar-refractivity contribution is 0.597. The molecule has 0 saturated heterocycles. The van der Waals surface area contributed by atoms with Gasteiger partial charge in [0.15, 0.2) is 5.65 Å². The summed E-state index contributed by atoms with van der Waals surface area (Å²) in [5.74, 6) is 0.812. The Kier molecular flexibility index (Phi) is 3.70. The second-order valence-electron chi connectivity index (χ2n) is 6.09. The van der Waals surface area contributed by atoms with Crippen LogP contribution in [-0.4, -0.2) is 32.9 Å². The van der Waals surface area contributed by atoms with Crippen molar-refractivity contribution >= 4 is 32.1 Å². The van der Waals surface area contributed by atoms with Crippen LogP contribution in [0.1, 0.15) is 17.2 Å². The molecule has 0 aliphatic heterocycles. The number of aryl methyl sites for hydroxylation is 2. The second kappa shape index (κ2) is 5.82. The van der Waals surface area contributed by atoms with E-state index in [4.69, 9.17) is 5.14 Å². The van der Waals surface area contributed by atoms with Crippen molar-refractivity contribution < 1.29 is 8.42 Å². The second-order valence-corrected chi connectivity index (χ2v) is 7.65. The third-order valence-corrected chi connectivity index (χ3v) is 5.11. The molecule has 4 heterocycles. The molecule has 0 fully saturated rings. The molecule has 4 rings (SSSR count). The van der Waals surface area contributed by atoms with Gasteiger partial charge >= 0.3 is 0 Å². The smallest absolute Gasteiger partial charge is 0.239 e. The van der Waals surface area contributed by atoms with Crippen LogP contribution < -0.4 is 5.14 Å². The lowest BCUT2D eigenvalue weighted by Gasteiger charge is -2.09. The van der Waals surface area contributed by atoms with Crippen molar-refractivity contribution in [2.24, 2.45) is 5.14 Å². The number of rotatable bonds is 3. The molecule has 26 heavy (non-hydrogen) atoms. The van der Waals surface area contributed by atoms with Crippen LogP contribution in [-0.2, 0) is 16.6 Å². The van der Waals surface area contributed by atoms with Gasteiger partial charge in [-0.3, -0.25) is 4.98 Å². The summed E-state index contributed by atoms with van der Waals surface area (Å²) in [7, 11) is -3.76. The van der Waals surface area contributed by atoms with Gasteiger partial charge in [-0.25, -0.2) is 28.5 Å². The fourth-order valence-corrected chi connectivity index (χ4v) is 3.40. The first-order valence-electron chi connectivity index (χ1n) is 7.90. The van der Waals surface area contributed by atoms with Crippen molar-refractivity contribution in [1.82, 2.24) is 24.5 Å². The van der Waals surface area contributed by atoms with Crippen LogP contribution in [0.2, 0.25) is 0 Å². The molecule has 4 aromatic heterocycles. The Morgan fingerprint density at radius 1 is 1.04 bits per heavy atom. The van der Waals surface area contributed by atoms with Gasteiger partial charge in [0.05, 0.1) is 24.0 Å². The maximum atomic E-state index is 11.4. The van der Waals surface area contributed by atoms with E-state index in [0.717, 1.165) is 27.9 Å². The Balaban J connectivity index is 1.84. The van der Waals surface area contributed by atoms with E-state index in [1.165, 1.54) is 12.3 Å². The first kappa shape index (κ1) is 16.6. The highest BCUT2D eigenvalue weighted by atomic mass is 32.2. The zero-order valence-corrected chi connectivity index (χ0v) is 15.0. The van der Waals surface area contributed by atoms with Crippen LogP contribution in [0.4, 0.5) is 0 Å². The predicted octanol–water partition coefficient (Wildman–Crippen LogP) is 1.69. The van der Waals surface area contributed by atoms with Gasteiger partial charge in [-0.1, -0.05) is 0 Å². The van der Waals surface area contributed by atoms with Gasteiger partial charge < -0.3 is 4.57 Å². The number of hydrogen-bond donors (Lipinski definition) is 1. The van der Waals surface area contributed by atoms with E-state index in [1.807, 2.05) is 30.5 Å². The number of aromatic nitrogens is 5. The highest BCUT2D eigenvalue weighted by Crippen LogP contribution is 2.24. The van der Waals surface area contributed by atoms with Gasteiger partial charge in [-0.2, -0.15) is 0 Å². The van der Waals surface area contributed by atoms with E-state index in [2.05, 4.69) is 19.9 Å². The SMILES string of the molecule is Cc1ccc2c(ncc3nc(C)n(Cc4ccc(S(N)(=O)=O)cn4)c32)n1. The molecule has 0 unspecified atom stereocenters. The highest BCUT2D eigenvalue weighted by molar-refractivity contribution is 7.89. The Bertz CT molecular complexity index is 1250. The fraction of sp³-hybridized carbons (Fsp3) is 0.176. The van der Waals surface area contributed by atoms with Crippen LogP contribution in [0.3, 0.4) is 0 Å². The van der Waals surface area contributed by atoms with E-state index in [9.17, 15) is 8.42 Å². The molecule has 4 aromatic rings. The average molecular weight is 368 g/mol. The fourth-order valence-electron chi connectivity index (χ4n) is 2.94. The van der Waals surface area contributed by atoms with Gasteiger partial charge in [-0.15, -0.1) is 0 Å². The Labute approximate surface area is 149 Å². The minimum atomic E-state index is -3.76. The number of fused-ring (bicyclic) bond motifs is 3.